The zero-order chi connectivity index (χ0) is 21.5. The zero-order valence-corrected chi connectivity index (χ0v) is 16.6. The van der Waals surface area contributed by atoms with Crippen LogP contribution in [0.2, 0.25) is 0 Å². The number of carbonyl (C=O) groups is 3. The van der Waals surface area contributed by atoms with Crippen molar-refractivity contribution in [3.8, 4) is 5.75 Å². The van der Waals surface area contributed by atoms with Gasteiger partial charge in [-0.2, -0.15) is 8.42 Å². The van der Waals surface area contributed by atoms with Gasteiger partial charge in [-0.1, -0.05) is 12.1 Å². The predicted octanol–water partition coefficient (Wildman–Crippen LogP) is -0.373. The average molecular weight is 443 g/mol. The quantitative estimate of drug-likeness (QED) is 0.335. The Balaban J connectivity index is 1.67. The lowest BCUT2D eigenvalue weighted by molar-refractivity contribution is -0.150. The van der Waals surface area contributed by atoms with Crippen molar-refractivity contribution in [2.75, 3.05) is 5.75 Å². The first-order chi connectivity index (χ1) is 13.5. The van der Waals surface area contributed by atoms with E-state index in [0.717, 1.165) is 4.90 Å². The molecule has 0 saturated carbocycles. The Kier molecular flexibility index (Phi) is 5.58. The highest BCUT2D eigenvalue weighted by molar-refractivity contribution is 8.00. The van der Waals surface area contributed by atoms with Gasteiger partial charge in [0, 0.05) is 5.75 Å². The number of nitrogens with zero attached hydrogens (tertiary/aromatic N) is 1. The largest absolute Gasteiger partial charge is 0.477 e. The second kappa shape index (κ2) is 7.67. The van der Waals surface area contributed by atoms with Gasteiger partial charge in [0.05, 0.1) is 0 Å². The molecule has 2 amide bonds. The van der Waals surface area contributed by atoms with E-state index in [0.29, 0.717) is 16.9 Å². The molecule has 1 aromatic carbocycles. The molecule has 0 radical (unpaired) electrons. The summed E-state index contributed by atoms with van der Waals surface area (Å²) in [5.41, 5.74) is 6.71. The van der Waals surface area contributed by atoms with Crippen LogP contribution in [0.15, 0.2) is 35.5 Å². The maximum atomic E-state index is 12.4. The van der Waals surface area contributed by atoms with Crippen LogP contribution in [0.3, 0.4) is 0 Å². The standard InChI is InChI=1S/C16H17N3O8S2/c1-7-6-28-15-11(14(21)19(15)12(7)16(22)23)18-13(20)10(17)8-2-4-9(5-3-8)27-29(24,25)26/h2-5,10-11,15H,6,17H2,1H3,(H,18,20)(H,22,23)(H,24,25,26)/t10-,11-,15-/m1/s1. The molecule has 13 heteroatoms. The third kappa shape index (κ3) is 4.22. The van der Waals surface area contributed by atoms with Crippen LogP contribution in [-0.2, 0) is 24.8 Å². The summed E-state index contributed by atoms with van der Waals surface area (Å²) in [4.78, 5) is 37.4. The molecule has 2 aliphatic rings. The molecule has 2 heterocycles. The van der Waals surface area contributed by atoms with Crippen molar-refractivity contribution in [2.45, 2.75) is 24.4 Å². The van der Waals surface area contributed by atoms with Gasteiger partial charge in [-0.25, -0.2) is 4.79 Å². The number of thioether (sulfide) groups is 1. The van der Waals surface area contributed by atoms with Gasteiger partial charge in [0.2, 0.25) is 5.91 Å². The number of carboxylic acids is 1. The van der Waals surface area contributed by atoms with Crippen molar-refractivity contribution in [2.24, 2.45) is 5.73 Å². The van der Waals surface area contributed by atoms with Gasteiger partial charge in [0.25, 0.3) is 5.91 Å². The van der Waals surface area contributed by atoms with Gasteiger partial charge in [-0.3, -0.25) is 19.0 Å². The fourth-order valence-electron chi connectivity index (χ4n) is 3.02. The van der Waals surface area contributed by atoms with E-state index in [1.165, 1.54) is 36.0 Å². The fraction of sp³-hybridized carbons (Fsp3) is 0.312. The summed E-state index contributed by atoms with van der Waals surface area (Å²) in [6, 6.07) is 3.02. The summed E-state index contributed by atoms with van der Waals surface area (Å²) in [6.07, 6.45) is 0. The van der Waals surface area contributed by atoms with Crippen LogP contribution in [0.4, 0.5) is 0 Å². The van der Waals surface area contributed by atoms with Crippen LogP contribution in [-0.4, -0.2) is 57.9 Å². The molecule has 29 heavy (non-hydrogen) atoms. The van der Waals surface area contributed by atoms with Crippen LogP contribution in [0.25, 0.3) is 0 Å². The number of rotatable bonds is 6. The van der Waals surface area contributed by atoms with Crippen molar-refractivity contribution in [1.29, 1.82) is 0 Å². The van der Waals surface area contributed by atoms with Crippen molar-refractivity contribution in [1.82, 2.24) is 10.2 Å². The highest BCUT2D eigenvalue weighted by Gasteiger charge is 2.53. The van der Waals surface area contributed by atoms with Gasteiger partial charge < -0.3 is 20.3 Å². The second-order valence-electron chi connectivity index (χ2n) is 6.39. The lowest BCUT2D eigenvalue weighted by Gasteiger charge is -2.49. The molecule has 3 rings (SSSR count). The fourth-order valence-corrected chi connectivity index (χ4v) is 4.67. The van der Waals surface area contributed by atoms with Crippen molar-refractivity contribution < 1.29 is 36.6 Å². The van der Waals surface area contributed by atoms with E-state index in [1.54, 1.807) is 6.92 Å². The van der Waals surface area contributed by atoms with Crippen LogP contribution >= 0.6 is 11.8 Å². The van der Waals surface area contributed by atoms with E-state index in [4.69, 9.17) is 10.3 Å². The number of amides is 2. The average Bonchev–Trinajstić information content (AvgIpc) is 2.64. The Bertz CT molecular complexity index is 1010. The molecule has 0 bridgehead atoms. The van der Waals surface area contributed by atoms with E-state index in [-0.39, 0.29) is 11.4 Å². The Hall–Kier alpha value is -2.61. The first kappa shape index (κ1) is 21.1. The smallest absolute Gasteiger partial charge is 0.446 e. The molecule has 0 aromatic heterocycles. The van der Waals surface area contributed by atoms with Crippen LogP contribution < -0.4 is 15.2 Å². The first-order valence-corrected chi connectivity index (χ1v) is 10.6. The number of β-lactam (4-membered cyclic amide) rings is 1. The topological polar surface area (TPSA) is 176 Å². The van der Waals surface area contributed by atoms with E-state index in [1.807, 2.05) is 0 Å². The maximum Gasteiger partial charge on any atom is 0.446 e. The molecule has 1 aromatic rings. The molecule has 1 fully saturated rings. The summed E-state index contributed by atoms with van der Waals surface area (Å²) in [5.74, 6) is -2.14. The Morgan fingerprint density at radius 1 is 1.34 bits per heavy atom. The van der Waals surface area contributed by atoms with E-state index < -0.39 is 45.6 Å². The lowest BCUT2D eigenvalue weighted by Crippen LogP contribution is -2.71. The van der Waals surface area contributed by atoms with Gasteiger partial charge in [0.1, 0.15) is 28.9 Å². The molecular formula is C16H17N3O8S2. The Labute approximate surface area is 169 Å². The minimum atomic E-state index is -4.67. The van der Waals surface area contributed by atoms with E-state index in [9.17, 15) is 27.9 Å². The van der Waals surface area contributed by atoms with E-state index >= 15 is 0 Å². The molecule has 0 spiro atoms. The van der Waals surface area contributed by atoms with Gasteiger partial charge >= 0.3 is 16.4 Å². The van der Waals surface area contributed by atoms with Crippen LogP contribution in [0.1, 0.15) is 18.5 Å². The first-order valence-electron chi connectivity index (χ1n) is 8.20. The number of nitrogens with two attached hydrogens (primary N) is 1. The number of carboxylic acid groups (broad SMARTS) is 1. The molecule has 156 valence electrons. The number of hydrogen-bond acceptors (Lipinski definition) is 8. The predicted molar refractivity (Wildman–Crippen MR) is 101 cm³/mol. The molecule has 0 aliphatic carbocycles. The molecular weight excluding hydrogens is 426 g/mol. The monoisotopic (exact) mass is 443 g/mol. The van der Waals surface area contributed by atoms with Crippen molar-refractivity contribution in [3.05, 3.63) is 41.1 Å². The molecule has 11 nitrogen and oxygen atoms in total. The lowest BCUT2D eigenvalue weighted by atomic mass is 10.0. The summed E-state index contributed by atoms with van der Waals surface area (Å²) in [6.45, 7) is 1.64. The highest BCUT2D eigenvalue weighted by atomic mass is 32.3. The van der Waals surface area contributed by atoms with Gasteiger partial charge in [-0.15, -0.1) is 11.8 Å². The number of hydrogen-bond donors (Lipinski definition) is 4. The van der Waals surface area contributed by atoms with Crippen LogP contribution in [0, 0.1) is 0 Å². The van der Waals surface area contributed by atoms with Gasteiger partial charge in [0.15, 0.2) is 0 Å². The number of carbonyl (C=O) groups excluding carboxylic acids is 2. The number of benzene rings is 1. The molecule has 0 unspecified atom stereocenters. The second-order valence-corrected chi connectivity index (χ2v) is 8.52. The number of aliphatic carboxylic acids is 1. The zero-order valence-electron chi connectivity index (χ0n) is 14.9. The SMILES string of the molecule is CC1=C(C(=O)O)N2C(=O)[C@@H](NC(=O)[C@H](N)c3ccc(OS(=O)(=O)O)cc3)[C@H]2SC1. The minimum Gasteiger partial charge on any atom is -0.477 e. The molecule has 5 N–H and O–H groups in total. The Morgan fingerprint density at radius 3 is 2.52 bits per heavy atom. The normalized spacial score (nSPS) is 22.4. The summed E-state index contributed by atoms with van der Waals surface area (Å²) < 4.78 is 34.3. The highest BCUT2D eigenvalue weighted by Crippen LogP contribution is 2.40. The van der Waals surface area contributed by atoms with Crippen molar-refractivity contribution in [3.63, 3.8) is 0 Å². The number of fused-ring (bicyclic) bond motifs is 1. The summed E-state index contributed by atoms with van der Waals surface area (Å²) >= 11 is 1.34. The number of nitrogens with one attached hydrogen (secondary N) is 1. The van der Waals surface area contributed by atoms with Crippen molar-refractivity contribution >= 4 is 39.9 Å². The molecule has 1 saturated heterocycles. The maximum absolute atomic E-state index is 12.4. The summed E-state index contributed by atoms with van der Waals surface area (Å²) in [5, 5.41) is 11.3. The van der Waals surface area contributed by atoms with E-state index in [2.05, 4.69) is 9.50 Å². The summed E-state index contributed by atoms with van der Waals surface area (Å²) in [7, 11) is -4.67. The Morgan fingerprint density at radius 2 is 1.97 bits per heavy atom. The third-order valence-corrected chi connectivity index (χ3v) is 6.21. The van der Waals surface area contributed by atoms with Gasteiger partial charge in [-0.05, 0) is 30.2 Å². The van der Waals surface area contributed by atoms with Crippen LogP contribution in [0.5, 0.6) is 5.75 Å². The minimum absolute atomic E-state index is 0.0667. The third-order valence-electron chi connectivity index (χ3n) is 4.38. The molecule has 2 aliphatic heterocycles. The molecule has 3 atom stereocenters.